The summed E-state index contributed by atoms with van der Waals surface area (Å²) in [5.41, 5.74) is 0.977. The van der Waals surface area contributed by atoms with E-state index >= 15 is 0 Å². The van der Waals surface area contributed by atoms with Gasteiger partial charge >= 0.3 is 0 Å². The predicted octanol–water partition coefficient (Wildman–Crippen LogP) is 2.17. The van der Waals surface area contributed by atoms with E-state index < -0.39 is 0 Å². The van der Waals surface area contributed by atoms with Gasteiger partial charge in [0.2, 0.25) is 0 Å². The van der Waals surface area contributed by atoms with E-state index in [1.807, 2.05) is 31.2 Å². The molecule has 0 unspecified atom stereocenters. The van der Waals surface area contributed by atoms with Crippen LogP contribution in [0.2, 0.25) is 0 Å². The molecule has 3 aromatic rings. The highest BCUT2D eigenvalue weighted by molar-refractivity contribution is 5.93. The summed E-state index contributed by atoms with van der Waals surface area (Å²) in [5.74, 6) is 1.80. The lowest BCUT2D eigenvalue weighted by Gasteiger charge is -2.13. The highest BCUT2D eigenvalue weighted by atomic mass is 16.3. The molecule has 0 aliphatic heterocycles. The maximum atomic E-state index is 12.5. The molecular weight excluding hydrogens is 318 g/mol. The van der Waals surface area contributed by atoms with Crippen molar-refractivity contribution in [2.24, 2.45) is 7.05 Å². The average molecular weight is 339 g/mol. The molecule has 3 aromatic heterocycles. The lowest BCUT2D eigenvalue weighted by Crippen LogP contribution is -2.18. The van der Waals surface area contributed by atoms with Crippen molar-refractivity contribution in [1.29, 1.82) is 0 Å². The van der Waals surface area contributed by atoms with Crippen molar-refractivity contribution in [3.63, 3.8) is 0 Å². The Balaban J connectivity index is 2.05. The number of fused-ring (bicyclic) bond motifs is 1. The van der Waals surface area contributed by atoms with Crippen LogP contribution in [0.5, 0.6) is 0 Å². The second-order valence-corrected chi connectivity index (χ2v) is 5.90. The van der Waals surface area contributed by atoms with Crippen LogP contribution in [0.15, 0.2) is 41.5 Å². The summed E-state index contributed by atoms with van der Waals surface area (Å²) in [5, 5.41) is 16.6. The van der Waals surface area contributed by atoms with Gasteiger partial charge in [-0.3, -0.25) is 4.79 Å². The number of rotatable bonds is 6. The molecule has 0 saturated carbocycles. The van der Waals surface area contributed by atoms with Gasteiger partial charge in [0.05, 0.1) is 5.39 Å². The maximum Gasteiger partial charge on any atom is 0.261 e. The van der Waals surface area contributed by atoms with Crippen molar-refractivity contribution in [2.45, 2.75) is 13.3 Å². The minimum atomic E-state index is -0.114. The summed E-state index contributed by atoms with van der Waals surface area (Å²) < 4.78 is 1.52. The van der Waals surface area contributed by atoms with E-state index in [-0.39, 0.29) is 12.2 Å². The summed E-state index contributed by atoms with van der Waals surface area (Å²) in [6, 6.07) is 7.56. The quantitative estimate of drug-likeness (QED) is 0.596. The van der Waals surface area contributed by atoms with Crippen LogP contribution in [-0.2, 0) is 7.05 Å². The van der Waals surface area contributed by atoms with Gasteiger partial charge in [0, 0.05) is 32.6 Å². The maximum absolute atomic E-state index is 12.5. The zero-order valence-electron chi connectivity index (χ0n) is 14.3. The van der Waals surface area contributed by atoms with Crippen molar-refractivity contribution in [2.75, 3.05) is 23.8 Å². The van der Waals surface area contributed by atoms with Gasteiger partial charge in [0.1, 0.15) is 17.5 Å². The van der Waals surface area contributed by atoms with Crippen LogP contribution in [0.3, 0.4) is 0 Å². The fourth-order valence-corrected chi connectivity index (χ4v) is 2.57. The van der Waals surface area contributed by atoms with E-state index in [4.69, 9.17) is 5.11 Å². The highest BCUT2D eigenvalue weighted by Gasteiger charge is 2.11. The fraction of sp³-hybridized carbons (Fsp3) is 0.278. The van der Waals surface area contributed by atoms with Gasteiger partial charge in [-0.15, -0.1) is 0 Å². The molecule has 0 spiro atoms. The number of hydrogen-bond acceptors (Lipinski definition) is 6. The van der Waals surface area contributed by atoms with Crippen LogP contribution in [0.1, 0.15) is 12.0 Å². The van der Waals surface area contributed by atoms with Crippen molar-refractivity contribution in [1.82, 2.24) is 14.5 Å². The average Bonchev–Trinajstić information content (AvgIpc) is 2.58. The number of aromatic nitrogens is 3. The van der Waals surface area contributed by atoms with Crippen LogP contribution >= 0.6 is 0 Å². The number of pyridine rings is 3. The van der Waals surface area contributed by atoms with Gasteiger partial charge in [-0.2, -0.15) is 0 Å². The van der Waals surface area contributed by atoms with Gasteiger partial charge in [0.15, 0.2) is 0 Å². The third-order valence-electron chi connectivity index (χ3n) is 3.86. The second-order valence-electron chi connectivity index (χ2n) is 5.90. The van der Waals surface area contributed by atoms with Crippen LogP contribution < -0.4 is 16.2 Å². The van der Waals surface area contributed by atoms with Crippen molar-refractivity contribution >= 4 is 28.2 Å². The zero-order chi connectivity index (χ0) is 17.8. The largest absolute Gasteiger partial charge is 0.396 e. The predicted molar refractivity (Wildman–Crippen MR) is 99.4 cm³/mol. The molecule has 7 heteroatoms. The molecule has 25 heavy (non-hydrogen) atoms. The first-order valence-corrected chi connectivity index (χ1v) is 8.13. The van der Waals surface area contributed by atoms with Crippen molar-refractivity contribution in [3.05, 3.63) is 52.6 Å². The first-order chi connectivity index (χ1) is 12.1. The number of anilines is 3. The Labute approximate surface area is 145 Å². The molecule has 0 radical (unpaired) electrons. The molecule has 0 aromatic carbocycles. The first kappa shape index (κ1) is 16.9. The van der Waals surface area contributed by atoms with Crippen LogP contribution in [0.4, 0.5) is 17.5 Å². The van der Waals surface area contributed by atoms with Crippen LogP contribution in [0, 0.1) is 6.92 Å². The Morgan fingerprint density at radius 2 is 2.08 bits per heavy atom. The molecule has 130 valence electrons. The van der Waals surface area contributed by atoms with E-state index in [9.17, 15) is 4.79 Å². The summed E-state index contributed by atoms with van der Waals surface area (Å²) in [7, 11) is 1.71. The van der Waals surface area contributed by atoms with E-state index in [1.165, 1.54) is 4.57 Å². The van der Waals surface area contributed by atoms with Gasteiger partial charge in [0.25, 0.3) is 5.56 Å². The molecule has 3 N–H and O–H groups in total. The molecule has 3 rings (SSSR count). The number of nitrogens with zero attached hydrogens (tertiary/aromatic N) is 3. The molecule has 3 heterocycles. The molecule has 0 aliphatic carbocycles. The van der Waals surface area contributed by atoms with Gasteiger partial charge in [-0.05, 0) is 48.6 Å². The minimum absolute atomic E-state index is 0.0775. The van der Waals surface area contributed by atoms with E-state index in [1.54, 1.807) is 19.4 Å². The topological polar surface area (TPSA) is 92.1 Å². The third kappa shape index (κ3) is 3.77. The Hall–Kier alpha value is -2.93. The standard InChI is InChI=1S/C18H21N5O2/c1-12-4-7-19-14(10-12)21-15-11-13-5-8-23(2)18(25)16(13)17(22-15)20-6-3-9-24/h4-5,7-8,10-11,24H,3,6,9H2,1-2H3,(H2,19,20,21,22). The van der Waals surface area contributed by atoms with E-state index in [0.717, 1.165) is 10.9 Å². The molecule has 0 fully saturated rings. The summed E-state index contributed by atoms with van der Waals surface area (Å²) in [4.78, 5) is 21.3. The number of hydrogen-bond donors (Lipinski definition) is 3. The molecule has 0 aliphatic rings. The number of aliphatic hydroxyl groups is 1. The molecule has 7 nitrogen and oxygen atoms in total. The number of aliphatic hydroxyl groups excluding tert-OH is 1. The van der Waals surface area contributed by atoms with Crippen LogP contribution in [-0.4, -0.2) is 32.8 Å². The van der Waals surface area contributed by atoms with E-state index in [0.29, 0.717) is 35.8 Å². The zero-order valence-corrected chi connectivity index (χ0v) is 14.3. The molecule has 0 bridgehead atoms. The fourth-order valence-electron chi connectivity index (χ4n) is 2.57. The lowest BCUT2D eigenvalue weighted by atomic mass is 10.2. The van der Waals surface area contributed by atoms with E-state index in [2.05, 4.69) is 20.6 Å². The smallest absolute Gasteiger partial charge is 0.261 e. The SMILES string of the molecule is Cc1ccnc(Nc2cc3ccn(C)c(=O)c3c(NCCCO)n2)c1. The number of aryl methyl sites for hydroxylation is 2. The minimum Gasteiger partial charge on any atom is -0.396 e. The van der Waals surface area contributed by atoms with Crippen molar-refractivity contribution in [3.8, 4) is 0 Å². The van der Waals surface area contributed by atoms with Gasteiger partial charge < -0.3 is 20.3 Å². The van der Waals surface area contributed by atoms with Gasteiger partial charge in [-0.1, -0.05) is 0 Å². The first-order valence-electron chi connectivity index (χ1n) is 8.13. The second kappa shape index (κ2) is 7.31. The Bertz CT molecular complexity index is 952. The monoisotopic (exact) mass is 339 g/mol. The Kier molecular flexibility index (Phi) is 4.95. The number of nitrogens with one attached hydrogen (secondary N) is 2. The van der Waals surface area contributed by atoms with Crippen LogP contribution in [0.25, 0.3) is 10.8 Å². The highest BCUT2D eigenvalue weighted by Crippen LogP contribution is 2.24. The Morgan fingerprint density at radius 1 is 1.24 bits per heavy atom. The molecule has 0 atom stereocenters. The molecular formula is C18H21N5O2. The summed E-state index contributed by atoms with van der Waals surface area (Å²) >= 11 is 0. The lowest BCUT2D eigenvalue weighted by molar-refractivity contribution is 0.292. The van der Waals surface area contributed by atoms with Crippen molar-refractivity contribution < 1.29 is 5.11 Å². The molecule has 0 amide bonds. The summed E-state index contributed by atoms with van der Waals surface area (Å²) in [6.45, 7) is 2.60. The normalized spacial score (nSPS) is 10.8. The Morgan fingerprint density at radius 3 is 2.84 bits per heavy atom. The third-order valence-corrected chi connectivity index (χ3v) is 3.86. The summed E-state index contributed by atoms with van der Waals surface area (Å²) in [6.07, 6.45) is 4.04. The van der Waals surface area contributed by atoms with Gasteiger partial charge in [-0.25, -0.2) is 9.97 Å². The molecule has 0 saturated heterocycles.